The molecule has 1 fully saturated rings. The summed E-state index contributed by atoms with van der Waals surface area (Å²) in [6.45, 7) is 4.30. The van der Waals surface area contributed by atoms with Crippen molar-refractivity contribution in [3.8, 4) is 0 Å². The number of rotatable bonds is 4. The van der Waals surface area contributed by atoms with Crippen LogP contribution in [0.2, 0.25) is 0 Å². The predicted molar refractivity (Wildman–Crippen MR) is 115 cm³/mol. The number of halogens is 1. The summed E-state index contributed by atoms with van der Waals surface area (Å²) in [6.07, 6.45) is 0.537. The fraction of sp³-hybridized carbons (Fsp3) is 0.308. The van der Waals surface area contributed by atoms with Crippen molar-refractivity contribution >= 4 is 0 Å². The maximum atomic E-state index is 13.6. The zero-order valence-corrected chi connectivity index (χ0v) is 16.9. The molecule has 3 aromatic carbocycles. The molecule has 29 heavy (non-hydrogen) atoms. The van der Waals surface area contributed by atoms with E-state index in [1.54, 1.807) is 12.1 Å². The zero-order valence-electron chi connectivity index (χ0n) is 16.9. The van der Waals surface area contributed by atoms with Gasteiger partial charge in [0.2, 0.25) is 0 Å². The Morgan fingerprint density at radius 2 is 1.41 bits per heavy atom. The first kappa shape index (κ1) is 19.8. The van der Waals surface area contributed by atoms with Gasteiger partial charge in [0, 0.05) is 24.4 Å². The van der Waals surface area contributed by atoms with Gasteiger partial charge in [-0.25, -0.2) is 4.39 Å². The molecule has 4 atom stereocenters. The Hall–Kier alpha value is -2.49. The molecule has 1 heterocycles. The van der Waals surface area contributed by atoms with Crippen molar-refractivity contribution in [2.45, 2.75) is 38.0 Å². The van der Waals surface area contributed by atoms with Gasteiger partial charge in [0.25, 0.3) is 0 Å². The number of aliphatic hydroxyl groups is 1. The van der Waals surface area contributed by atoms with Crippen molar-refractivity contribution in [2.75, 3.05) is 0 Å². The molecule has 150 valence electrons. The van der Waals surface area contributed by atoms with Crippen LogP contribution >= 0.6 is 0 Å². The summed E-state index contributed by atoms with van der Waals surface area (Å²) in [6, 6.07) is 26.9. The van der Waals surface area contributed by atoms with Gasteiger partial charge < -0.3 is 10.4 Å². The second-order valence-corrected chi connectivity index (χ2v) is 8.42. The maximum absolute atomic E-state index is 13.6. The average molecular weight is 390 g/mol. The molecular formula is C26H28FNO. The summed E-state index contributed by atoms with van der Waals surface area (Å²) in [7, 11) is 0. The van der Waals surface area contributed by atoms with E-state index in [0.29, 0.717) is 6.42 Å². The lowest BCUT2D eigenvalue weighted by Crippen LogP contribution is -2.53. The van der Waals surface area contributed by atoms with Crippen molar-refractivity contribution in [3.63, 3.8) is 0 Å². The smallest absolute Gasteiger partial charge is 0.123 e. The van der Waals surface area contributed by atoms with Gasteiger partial charge in [-0.3, -0.25) is 0 Å². The average Bonchev–Trinajstić information content (AvgIpc) is 2.74. The van der Waals surface area contributed by atoms with E-state index in [1.807, 2.05) is 36.4 Å². The number of hydrogen-bond acceptors (Lipinski definition) is 2. The van der Waals surface area contributed by atoms with Gasteiger partial charge in [0.1, 0.15) is 5.82 Å². The van der Waals surface area contributed by atoms with Gasteiger partial charge in [0.15, 0.2) is 0 Å². The molecular weight excluding hydrogens is 361 g/mol. The van der Waals surface area contributed by atoms with Crippen LogP contribution < -0.4 is 5.32 Å². The topological polar surface area (TPSA) is 32.3 Å². The molecule has 0 saturated carbocycles. The van der Waals surface area contributed by atoms with Crippen LogP contribution in [0.25, 0.3) is 0 Å². The molecule has 0 aliphatic carbocycles. The third-order valence-electron chi connectivity index (χ3n) is 6.23. The minimum absolute atomic E-state index is 0.00791. The van der Waals surface area contributed by atoms with Gasteiger partial charge in [-0.15, -0.1) is 0 Å². The second-order valence-electron chi connectivity index (χ2n) is 8.42. The Labute approximate surface area is 172 Å². The zero-order chi connectivity index (χ0) is 20.4. The SMILES string of the molecule is CC(C)[C@@H]1[C@H](c2ccccc2)N[C@H](c2ccccc2)C[C@]1(O)c1ccc(F)cc1. The number of piperidine rings is 1. The standard InChI is InChI=1S/C26H28FNO/c1-18(2)24-25(20-11-7-4-8-12-20)28-23(19-9-5-3-6-10-19)17-26(24,29)21-13-15-22(27)16-14-21/h3-16,18,23-25,28-29H,17H2,1-2H3/t23-,24+,25-,26-/m0/s1. The Morgan fingerprint density at radius 3 is 1.97 bits per heavy atom. The summed E-state index contributed by atoms with van der Waals surface area (Å²) in [4.78, 5) is 0. The quantitative estimate of drug-likeness (QED) is 0.594. The van der Waals surface area contributed by atoms with Gasteiger partial charge in [-0.05, 0) is 34.7 Å². The lowest BCUT2D eigenvalue weighted by molar-refractivity contribution is -0.0992. The molecule has 0 radical (unpaired) electrons. The molecule has 4 rings (SSSR count). The van der Waals surface area contributed by atoms with Crippen molar-refractivity contribution in [1.82, 2.24) is 5.32 Å². The van der Waals surface area contributed by atoms with Gasteiger partial charge >= 0.3 is 0 Å². The van der Waals surface area contributed by atoms with Crippen molar-refractivity contribution in [1.29, 1.82) is 0 Å². The van der Waals surface area contributed by atoms with Gasteiger partial charge in [-0.1, -0.05) is 86.6 Å². The summed E-state index contributed by atoms with van der Waals surface area (Å²) < 4.78 is 13.6. The Bertz CT molecular complexity index is 926. The summed E-state index contributed by atoms with van der Waals surface area (Å²) in [5.74, 6) is -0.124. The Kier molecular flexibility index (Phi) is 5.53. The maximum Gasteiger partial charge on any atom is 0.123 e. The molecule has 2 N–H and O–H groups in total. The molecule has 3 heteroatoms. The normalized spacial score (nSPS) is 27.1. The molecule has 0 bridgehead atoms. The lowest BCUT2D eigenvalue weighted by atomic mass is 9.64. The van der Waals surface area contributed by atoms with Crippen molar-refractivity contribution < 1.29 is 9.50 Å². The number of hydrogen-bond donors (Lipinski definition) is 2. The fourth-order valence-corrected chi connectivity index (χ4v) is 4.95. The van der Waals surface area contributed by atoms with Crippen molar-refractivity contribution in [3.05, 3.63) is 107 Å². The third kappa shape index (κ3) is 3.85. The van der Waals surface area contributed by atoms with Crippen LogP contribution in [0.1, 0.15) is 49.0 Å². The monoisotopic (exact) mass is 389 g/mol. The lowest BCUT2D eigenvalue weighted by Gasteiger charge is -2.51. The van der Waals surface area contributed by atoms with E-state index >= 15 is 0 Å². The van der Waals surface area contributed by atoms with Crippen LogP contribution in [0.3, 0.4) is 0 Å². The van der Waals surface area contributed by atoms with Crippen molar-refractivity contribution in [2.24, 2.45) is 11.8 Å². The molecule has 1 aliphatic rings. The molecule has 2 nitrogen and oxygen atoms in total. The highest BCUT2D eigenvalue weighted by Crippen LogP contribution is 2.51. The van der Waals surface area contributed by atoms with Crippen LogP contribution in [-0.2, 0) is 5.60 Å². The van der Waals surface area contributed by atoms with E-state index in [-0.39, 0.29) is 29.7 Å². The van der Waals surface area contributed by atoms with Crippen LogP contribution in [0.15, 0.2) is 84.9 Å². The summed E-state index contributed by atoms with van der Waals surface area (Å²) in [5.41, 5.74) is 2.01. The van der Waals surface area contributed by atoms with Crippen LogP contribution in [0.5, 0.6) is 0 Å². The summed E-state index contributed by atoms with van der Waals surface area (Å²) in [5, 5.41) is 16.0. The minimum Gasteiger partial charge on any atom is -0.385 e. The highest BCUT2D eigenvalue weighted by Gasteiger charge is 2.50. The van der Waals surface area contributed by atoms with E-state index in [4.69, 9.17) is 0 Å². The van der Waals surface area contributed by atoms with E-state index in [2.05, 4.69) is 43.4 Å². The van der Waals surface area contributed by atoms with Gasteiger partial charge in [0.05, 0.1) is 5.60 Å². The van der Waals surface area contributed by atoms with Crippen LogP contribution in [0.4, 0.5) is 4.39 Å². The van der Waals surface area contributed by atoms with Gasteiger partial charge in [-0.2, -0.15) is 0 Å². The fourth-order valence-electron chi connectivity index (χ4n) is 4.95. The number of benzene rings is 3. The first-order valence-corrected chi connectivity index (χ1v) is 10.3. The Balaban J connectivity index is 1.84. The highest BCUT2D eigenvalue weighted by molar-refractivity contribution is 5.32. The predicted octanol–water partition coefficient (Wildman–Crippen LogP) is 5.76. The molecule has 1 aliphatic heterocycles. The molecule has 0 aromatic heterocycles. The van der Waals surface area contributed by atoms with Crippen LogP contribution in [-0.4, -0.2) is 5.11 Å². The van der Waals surface area contributed by atoms with Crippen LogP contribution in [0, 0.1) is 17.7 Å². The molecule has 0 unspecified atom stereocenters. The van der Waals surface area contributed by atoms with E-state index in [1.165, 1.54) is 12.1 Å². The Morgan fingerprint density at radius 1 is 0.862 bits per heavy atom. The molecule has 3 aromatic rings. The first-order valence-electron chi connectivity index (χ1n) is 10.3. The minimum atomic E-state index is -1.08. The number of nitrogens with one attached hydrogen (secondary N) is 1. The van der Waals surface area contributed by atoms with E-state index in [0.717, 1.165) is 16.7 Å². The van der Waals surface area contributed by atoms with E-state index in [9.17, 15) is 9.50 Å². The third-order valence-corrected chi connectivity index (χ3v) is 6.23. The first-order chi connectivity index (χ1) is 14.0. The largest absolute Gasteiger partial charge is 0.385 e. The second kappa shape index (κ2) is 8.10. The highest BCUT2D eigenvalue weighted by atomic mass is 19.1. The molecule has 0 amide bonds. The molecule has 1 saturated heterocycles. The van der Waals surface area contributed by atoms with E-state index < -0.39 is 5.60 Å². The molecule has 0 spiro atoms. The summed E-state index contributed by atoms with van der Waals surface area (Å²) >= 11 is 0.